The normalized spacial score (nSPS) is 25.4. The lowest BCUT2D eigenvalue weighted by molar-refractivity contribution is 0.217. The summed E-state index contributed by atoms with van der Waals surface area (Å²) in [6.45, 7) is 6.77. The van der Waals surface area contributed by atoms with Crippen LogP contribution in [-0.2, 0) is 0 Å². The van der Waals surface area contributed by atoms with Crippen molar-refractivity contribution in [3.8, 4) is 0 Å². The van der Waals surface area contributed by atoms with Gasteiger partial charge in [-0.3, -0.25) is 0 Å². The lowest BCUT2D eigenvalue weighted by Gasteiger charge is -2.30. The van der Waals surface area contributed by atoms with Crippen LogP contribution in [0.5, 0.6) is 0 Å². The number of hydrogen-bond donors (Lipinski definition) is 0. The topological polar surface area (TPSA) is 0 Å². The fourth-order valence-corrected chi connectivity index (χ4v) is 5.38. The molecule has 2 aliphatic carbocycles. The van der Waals surface area contributed by atoms with Crippen LogP contribution in [0.25, 0.3) is 0 Å². The van der Waals surface area contributed by atoms with E-state index in [-0.39, 0.29) is 0 Å². The monoisotopic (exact) mass is 305 g/mol. The van der Waals surface area contributed by atoms with Gasteiger partial charge in [0, 0.05) is 0 Å². The molecule has 0 amide bonds. The molecule has 2 saturated carbocycles. The van der Waals surface area contributed by atoms with E-state index in [9.17, 15) is 0 Å². The Bertz CT molecular complexity index is 225. The summed E-state index contributed by atoms with van der Waals surface area (Å²) >= 11 is 0. The molecule has 2 unspecified atom stereocenters. The maximum Gasteiger partial charge on any atom is -0.0386 e. The summed E-state index contributed by atoms with van der Waals surface area (Å²) in [5, 5.41) is 0. The van der Waals surface area contributed by atoms with Crippen LogP contribution in [0.1, 0.15) is 110 Å². The molecule has 0 heteroatoms. The Balaban J connectivity index is 1.81. The Kier molecular flexibility index (Phi) is 8.93. The Labute approximate surface area is 140 Å². The van der Waals surface area contributed by atoms with Crippen LogP contribution >= 0.6 is 0 Å². The SMILES string of the molecule is [CH2]CC(CCC(CC)C1CCCCCC1)C1CCCCCC1. The van der Waals surface area contributed by atoms with E-state index in [4.69, 9.17) is 0 Å². The quantitative estimate of drug-likeness (QED) is 0.425. The van der Waals surface area contributed by atoms with E-state index in [1.807, 2.05) is 0 Å². The van der Waals surface area contributed by atoms with E-state index in [1.165, 1.54) is 103 Å². The molecule has 0 aromatic rings. The Morgan fingerprint density at radius 1 is 0.682 bits per heavy atom. The second kappa shape index (κ2) is 10.7. The predicted molar refractivity (Wildman–Crippen MR) is 98.9 cm³/mol. The van der Waals surface area contributed by atoms with E-state index in [1.54, 1.807) is 0 Å². The van der Waals surface area contributed by atoms with Gasteiger partial charge in [0.15, 0.2) is 0 Å². The average Bonchev–Trinajstić information content (AvgIpc) is 2.97. The van der Waals surface area contributed by atoms with Crippen LogP contribution in [-0.4, -0.2) is 0 Å². The molecule has 2 rings (SSSR count). The van der Waals surface area contributed by atoms with E-state index in [0.29, 0.717) is 0 Å². The van der Waals surface area contributed by atoms with Gasteiger partial charge in [0.05, 0.1) is 0 Å². The molecule has 22 heavy (non-hydrogen) atoms. The first-order valence-corrected chi connectivity index (χ1v) is 10.6. The van der Waals surface area contributed by atoms with Crippen molar-refractivity contribution in [2.24, 2.45) is 23.7 Å². The summed E-state index contributed by atoms with van der Waals surface area (Å²) in [4.78, 5) is 0. The van der Waals surface area contributed by atoms with Gasteiger partial charge in [-0.25, -0.2) is 0 Å². The highest BCUT2D eigenvalue weighted by Gasteiger charge is 2.25. The maximum absolute atomic E-state index is 4.32. The molecule has 0 aromatic heterocycles. The van der Waals surface area contributed by atoms with Gasteiger partial charge in [-0.15, -0.1) is 0 Å². The van der Waals surface area contributed by atoms with Crippen molar-refractivity contribution < 1.29 is 0 Å². The van der Waals surface area contributed by atoms with Crippen molar-refractivity contribution in [2.45, 2.75) is 110 Å². The molecule has 0 bridgehead atoms. The lowest BCUT2D eigenvalue weighted by Crippen LogP contribution is -2.19. The highest BCUT2D eigenvalue weighted by Crippen LogP contribution is 2.38. The van der Waals surface area contributed by atoms with E-state index < -0.39 is 0 Å². The van der Waals surface area contributed by atoms with Gasteiger partial charge in [0.2, 0.25) is 0 Å². The summed E-state index contributed by atoms with van der Waals surface area (Å²) < 4.78 is 0. The maximum atomic E-state index is 4.32. The Hall–Kier alpha value is 0. The minimum absolute atomic E-state index is 0.929. The van der Waals surface area contributed by atoms with Crippen molar-refractivity contribution in [1.82, 2.24) is 0 Å². The van der Waals surface area contributed by atoms with Gasteiger partial charge in [0.25, 0.3) is 0 Å². The minimum Gasteiger partial charge on any atom is -0.0651 e. The van der Waals surface area contributed by atoms with Crippen molar-refractivity contribution in [2.75, 3.05) is 0 Å². The molecule has 0 heterocycles. The number of hydrogen-bond acceptors (Lipinski definition) is 0. The zero-order chi connectivity index (χ0) is 15.6. The Morgan fingerprint density at radius 2 is 1.09 bits per heavy atom. The van der Waals surface area contributed by atoms with Crippen molar-refractivity contribution >= 4 is 0 Å². The first-order valence-electron chi connectivity index (χ1n) is 10.6. The van der Waals surface area contributed by atoms with Crippen LogP contribution in [0.15, 0.2) is 0 Å². The van der Waals surface area contributed by atoms with Crippen LogP contribution in [0.2, 0.25) is 0 Å². The molecule has 0 aromatic carbocycles. The van der Waals surface area contributed by atoms with Crippen LogP contribution in [0.4, 0.5) is 0 Å². The third-order valence-corrected chi connectivity index (χ3v) is 6.94. The molecule has 0 nitrogen and oxygen atoms in total. The first kappa shape index (κ1) is 18.3. The second-order valence-electron chi connectivity index (χ2n) is 8.30. The van der Waals surface area contributed by atoms with Crippen molar-refractivity contribution in [1.29, 1.82) is 0 Å². The molecule has 0 spiro atoms. The van der Waals surface area contributed by atoms with Crippen molar-refractivity contribution in [3.63, 3.8) is 0 Å². The average molecular weight is 306 g/mol. The molecular weight excluding hydrogens is 264 g/mol. The molecule has 2 fully saturated rings. The van der Waals surface area contributed by atoms with Gasteiger partial charge in [-0.1, -0.05) is 104 Å². The zero-order valence-electron chi connectivity index (χ0n) is 15.3. The largest absolute Gasteiger partial charge is 0.0651 e. The second-order valence-corrected chi connectivity index (χ2v) is 8.30. The zero-order valence-corrected chi connectivity index (χ0v) is 15.3. The lowest BCUT2D eigenvalue weighted by atomic mass is 9.76. The van der Waals surface area contributed by atoms with Gasteiger partial charge in [-0.05, 0) is 36.5 Å². The standard InChI is InChI=1S/C22H41/c1-3-19(21-13-9-5-6-10-14-21)17-18-20(4-2)22-15-11-7-8-12-16-22/h19-22H,1,3-18H2,2H3. The van der Waals surface area contributed by atoms with Gasteiger partial charge >= 0.3 is 0 Å². The van der Waals surface area contributed by atoms with Crippen LogP contribution in [0.3, 0.4) is 0 Å². The van der Waals surface area contributed by atoms with E-state index in [2.05, 4.69) is 13.8 Å². The van der Waals surface area contributed by atoms with Gasteiger partial charge in [0.1, 0.15) is 0 Å². The summed E-state index contributed by atoms with van der Waals surface area (Å²) in [7, 11) is 0. The fraction of sp³-hybridized carbons (Fsp3) is 0.955. The van der Waals surface area contributed by atoms with Crippen LogP contribution in [0, 0.1) is 30.6 Å². The van der Waals surface area contributed by atoms with Gasteiger partial charge in [-0.2, -0.15) is 0 Å². The third-order valence-electron chi connectivity index (χ3n) is 6.94. The minimum atomic E-state index is 0.929. The third kappa shape index (κ3) is 5.89. The predicted octanol–water partition coefficient (Wildman–Crippen LogP) is 7.57. The molecule has 2 aliphatic rings. The molecule has 2 atom stereocenters. The summed E-state index contributed by atoms with van der Waals surface area (Å²) in [6, 6.07) is 0. The van der Waals surface area contributed by atoms with Crippen molar-refractivity contribution in [3.05, 3.63) is 6.92 Å². The molecule has 0 N–H and O–H groups in total. The molecule has 129 valence electrons. The molecule has 1 radical (unpaired) electrons. The summed E-state index contributed by atoms with van der Waals surface area (Å²) in [5.74, 6) is 3.99. The first-order chi connectivity index (χ1) is 10.8. The number of rotatable bonds is 7. The smallest absolute Gasteiger partial charge is 0.0386 e. The van der Waals surface area contributed by atoms with Crippen LogP contribution < -0.4 is 0 Å². The summed E-state index contributed by atoms with van der Waals surface area (Å²) in [6.07, 6.45) is 23.6. The highest BCUT2D eigenvalue weighted by atomic mass is 14.3. The molecule has 0 aliphatic heterocycles. The Morgan fingerprint density at radius 3 is 1.50 bits per heavy atom. The highest BCUT2D eigenvalue weighted by molar-refractivity contribution is 4.78. The fourth-order valence-electron chi connectivity index (χ4n) is 5.38. The van der Waals surface area contributed by atoms with E-state index in [0.717, 1.165) is 23.7 Å². The molecule has 0 saturated heterocycles. The van der Waals surface area contributed by atoms with Gasteiger partial charge < -0.3 is 0 Å². The molecular formula is C22H41. The van der Waals surface area contributed by atoms with E-state index >= 15 is 0 Å². The summed E-state index contributed by atoms with van der Waals surface area (Å²) in [5.41, 5.74) is 0.